The molecule has 0 aromatic carbocycles. The van der Waals surface area contributed by atoms with Gasteiger partial charge < -0.3 is 10.2 Å². The SMILES string of the molecule is CCCCCCCCCCCCC1(CCC)CCCC(C(=O)O)=C1C(=O)O. The summed E-state index contributed by atoms with van der Waals surface area (Å²) in [6.07, 6.45) is 17.0. The molecule has 0 spiro atoms. The van der Waals surface area contributed by atoms with Crippen molar-refractivity contribution in [3.63, 3.8) is 0 Å². The number of carboxylic acid groups (broad SMARTS) is 2. The molecule has 4 heteroatoms. The first-order valence-electron chi connectivity index (χ1n) is 11.2. The fraction of sp³-hybridized carbons (Fsp3) is 0.826. The predicted molar refractivity (Wildman–Crippen MR) is 110 cm³/mol. The van der Waals surface area contributed by atoms with Crippen LogP contribution >= 0.6 is 0 Å². The van der Waals surface area contributed by atoms with E-state index in [1.54, 1.807) is 0 Å². The Kier molecular flexibility index (Phi) is 11.4. The second-order valence-corrected chi connectivity index (χ2v) is 8.28. The number of carbonyl (C=O) groups is 2. The van der Waals surface area contributed by atoms with Gasteiger partial charge in [0.1, 0.15) is 0 Å². The van der Waals surface area contributed by atoms with Crippen molar-refractivity contribution in [2.75, 3.05) is 0 Å². The van der Waals surface area contributed by atoms with Crippen LogP contribution in [-0.2, 0) is 9.59 Å². The Morgan fingerprint density at radius 1 is 0.778 bits per heavy atom. The molecule has 0 fully saturated rings. The van der Waals surface area contributed by atoms with E-state index in [0.717, 1.165) is 44.9 Å². The van der Waals surface area contributed by atoms with Crippen molar-refractivity contribution >= 4 is 11.9 Å². The highest BCUT2D eigenvalue weighted by atomic mass is 16.4. The molecule has 0 aromatic heterocycles. The molecule has 0 saturated heterocycles. The Hall–Kier alpha value is -1.32. The normalized spacial score (nSPS) is 20.1. The zero-order valence-corrected chi connectivity index (χ0v) is 17.5. The molecule has 0 aromatic rings. The van der Waals surface area contributed by atoms with Gasteiger partial charge in [0.15, 0.2) is 0 Å². The summed E-state index contributed by atoms with van der Waals surface area (Å²) in [4.78, 5) is 23.5. The molecule has 0 amide bonds. The quantitative estimate of drug-likeness (QED) is 0.309. The Morgan fingerprint density at radius 3 is 1.81 bits per heavy atom. The highest BCUT2D eigenvalue weighted by molar-refractivity contribution is 6.00. The minimum absolute atomic E-state index is 0.147. The van der Waals surface area contributed by atoms with Crippen LogP contribution in [0.15, 0.2) is 11.1 Å². The summed E-state index contributed by atoms with van der Waals surface area (Å²) < 4.78 is 0. The van der Waals surface area contributed by atoms with E-state index in [9.17, 15) is 19.8 Å². The molecule has 1 aliphatic carbocycles. The zero-order chi connectivity index (χ0) is 20.1. The maximum Gasteiger partial charge on any atom is 0.332 e. The maximum absolute atomic E-state index is 11.9. The predicted octanol–water partition coefficient (Wildman–Crippen LogP) is 6.73. The second kappa shape index (κ2) is 13.0. The van der Waals surface area contributed by atoms with Crippen LogP contribution < -0.4 is 0 Å². The van der Waals surface area contributed by atoms with Gasteiger partial charge in [-0.3, -0.25) is 0 Å². The monoisotopic (exact) mass is 380 g/mol. The highest BCUT2D eigenvalue weighted by Crippen LogP contribution is 2.48. The Labute approximate surface area is 165 Å². The Bertz CT molecular complexity index is 495. The summed E-state index contributed by atoms with van der Waals surface area (Å²) >= 11 is 0. The van der Waals surface area contributed by atoms with Gasteiger partial charge in [-0.05, 0) is 32.1 Å². The van der Waals surface area contributed by atoms with Crippen molar-refractivity contribution in [2.45, 2.75) is 117 Å². The topological polar surface area (TPSA) is 74.6 Å². The number of rotatable bonds is 15. The highest BCUT2D eigenvalue weighted by Gasteiger charge is 2.42. The minimum Gasteiger partial charge on any atom is -0.478 e. The lowest BCUT2D eigenvalue weighted by molar-refractivity contribution is -0.137. The van der Waals surface area contributed by atoms with Crippen LogP contribution in [0.3, 0.4) is 0 Å². The van der Waals surface area contributed by atoms with Crippen LogP contribution in [0.2, 0.25) is 0 Å². The molecule has 0 radical (unpaired) electrons. The van der Waals surface area contributed by atoms with Gasteiger partial charge in [-0.15, -0.1) is 0 Å². The second-order valence-electron chi connectivity index (χ2n) is 8.28. The van der Waals surface area contributed by atoms with Crippen molar-refractivity contribution in [1.29, 1.82) is 0 Å². The van der Waals surface area contributed by atoms with Gasteiger partial charge >= 0.3 is 11.9 Å². The van der Waals surface area contributed by atoms with Gasteiger partial charge in [-0.25, -0.2) is 9.59 Å². The molecule has 0 bridgehead atoms. The number of carboxylic acids is 2. The van der Waals surface area contributed by atoms with Gasteiger partial charge in [0.2, 0.25) is 0 Å². The van der Waals surface area contributed by atoms with Gasteiger partial charge in [0, 0.05) is 11.0 Å². The van der Waals surface area contributed by atoms with Crippen LogP contribution in [-0.4, -0.2) is 22.2 Å². The van der Waals surface area contributed by atoms with Gasteiger partial charge in [-0.2, -0.15) is 0 Å². The summed E-state index contributed by atoms with van der Waals surface area (Å²) in [5.41, 5.74) is -0.0829. The van der Waals surface area contributed by atoms with Crippen molar-refractivity contribution in [2.24, 2.45) is 5.41 Å². The lowest BCUT2D eigenvalue weighted by atomic mass is 9.64. The summed E-state index contributed by atoms with van der Waals surface area (Å²) in [6, 6.07) is 0. The molecule has 1 aliphatic rings. The molecule has 0 heterocycles. The van der Waals surface area contributed by atoms with E-state index < -0.39 is 17.4 Å². The summed E-state index contributed by atoms with van der Waals surface area (Å²) in [5.74, 6) is -2.07. The molecule has 27 heavy (non-hydrogen) atoms. The zero-order valence-electron chi connectivity index (χ0n) is 17.5. The lowest BCUT2D eigenvalue weighted by Gasteiger charge is -2.39. The maximum atomic E-state index is 11.9. The Morgan fingerprint density at radius 2 is 1.33 bits per heavy atom. The van der Waals surface area contributed by atoms with Gasteiger partial charge in [-0.1, -0.05) is 84.5 Å². The third-order valence-electron chi connectivity index (χ3n) is 6.12. The summed E-state index contributed by atoms with van der Waals surface area (Å²) in [6.45, 7) is 4.30. The summed E-state index contributed by atoms with van der Waals surface area (Å²) in [7, 11) is 0. The summed E-state index contributed by atoms with van der Waals surface area (Å²) in [5, 5.41) is 19.2. The molecule has 0 aliphatic heterocycles. The van der Waals surface area contributed by atoms with Crippen LogP contribution in [0.1, 0.15) is 117 Å². The molecule has 156 valence electrons. The fourth-order valence-electron chi connectivity index (χ4n) is 4.80. The number of hydrogen-bond donors (Lipinski definition) is 2. The van der Waals surface area contributed by atoms with Gasteiger partial charge in [0.05, 0.1) is 5.57 Å². The lowest BCUT2D eigenvalue weighted by Crippen LogP contribution is -2.34. The first-order valence-corrected chi connectivity index (χ1v) is 11.2. The average molecular weight is 381 g/mol. The molecule has 1 rings (SSSR count). The Balaban J connectivity index is 2.54. The van der Waals surface area contributed by atoms with Crippen molar-refractivity contribution in [1.82, 2.24) is 0 Å². The number of aliphatic carboxylic acids is 2. The van der Waals surface area contributed by atoms with Crippen molar-refractivity contribution in [3.05, 3.63) is 11.1 Å². The molecule has 2 N–H and O–H groups in total. The molecule has 1 unspecified atom stereocenters. The minimum atomic E-state index is -1.05. The molecular formula is C23H40O4. The number of hydrogen-bond acceptors (Lipinski definition) is 2. The van der Waals surface area contributed by atoms with Gasteiger partial charge in [0.25, 0.3) is 0 Å². The van der Waals surface area contributed by atoms with Crippen LogP contribution in [0.4, 0.5) is 0 Å². The van der Waals surface area contributed by atoms with E-state index in [1.165, 1.54) is 51.4 Å². The van der Waals surface area contributed by atoms with Crippen LogP contribution in [0.25, 0.3) is 0 Å². The largest absolute Gasteiger partial charge is 0.478 e. The number of unbranched alkanes of at least 4 members (excludes halogenated alkanes) is 9. The van der Waals surface area contributed by atoms with E-state index in [0.29, 0.717) is 6.42 Å². The molecule has 0 saturated carbocycles. The van der Waals surface area contributed by atoms with Crippen molar-refractivity contribution in [3.8, 4) is 0 Å². The first-order chi connectivity index (χ1) is 13.0. The van der Waals surface area contributed by atoms with E-state index in [4.69, 9.17) is 0 Å². The third-order valence-corrected chi connectivity index (χ3v) is 6.12. The molecule has 4 nitrogen and oxygen atoms in total. The first kappa shape index (κ1) is 23.7. The standard InChI is InChI=1S/C23H40O4/c1-3-5-6-7-8-9-10-11-12-13-17-23(16-4-2)18-14-15-19(21(24)25)20(23)22(26)27/h3-18H2,1-2H3,(H,24,25)(H,26,27). The van der Waals surface area contributed by atoms with Crippen LogP contribution in [0.5, 0.6) is 0 Å². The van der Waals surface area contributed by atoms with E-state index in [-0.39, 0.29) is 11.1 Å². The third kappa shape index (κ3) is 7.67. The van der Waals surface area contributed by atoms with E-state index >= 15 is 0 Å². The van der Waals surface area contributed by atoms with Crippen molar-refractivity contribution < 1.29 is 19.8 Å². The average Bonchev–Trinajstić information content (AvgIpc) is 2.63. The van der Waals surface area contributed by atoms with E-state index in [2.05, 4.69) is 13.8 Å². The smallest absolute Gasteiger partial charge is 0.332 e. The fourth-order valence-corrected chi connectivity index (χ4v) is 4.80. The molecular weight excluding hydrogens is 340 g/mol. The van der Waals surface area contributed by atoms with E-state index in [1.807, 2.05) is 0 Å². The van der Waals surface area contributed by atoms with Crippen LogP contribution in [0, 0.1) is 5.41 Å². The molecule has 1 atom stereocenters.